The average molecular weight is 557 g/mol. The van der Waals surface area contributed by atoms with Gasteiger partial charge in [-0.25, -0.2) is 0 Å². The van der Waals surface area contributed by atoms with Crippen molar-refractivity contribution in [3.05, 3.63) is 12.2 Å². The maximum absolute atomic E-state index is 12.1. The lowest BCUT2D eigenvalue weighted by Crippen LogP contribution is -2.63. The summed E-state index contributed by atoms with van der Waals surface area (Å²) in [5.41, 5.74) is -2.04. The molecule has 12 heteroatoms. The molecule has 0 aromatic rings. The van der Waals surface area contributed by atoms with Gasteiger partial charge in [0, 0.05) is 46.0 Å². The molecule has 2 rings (SSSR count). The Bertz CT molecular complexity index is 972. The maximum Gasteiger partial charge on any atom is 0.303 e. The molecule has 12 nitrogen and oxygen atoms in total. The number of hydrogen-bond donors (Lipinski definition) is 1. The molecule has 0 radical (unpaired) electrons. The standard InChI is InChI=1S/C27H40O12/c1-14-11-20(32)12-26(7,8)27(14,33)10-9-15(2)35-25-24(38-19(6)31)23(37-18(5)30)22(36-17(4)29)21(39-25)13-34-16(3)28/h9-10,14-15,21-25,33H,11-13H2,1-8H3/b10-9+/t14?,15-,21-,22-,23+,24-,25-,27-/m1/s1. The predicted molar refractivity (Wildman–Crippen MR) is 134 cm³/mol. The first kappa shape index (κ1) is 32.4. The number of aliphatic hydroxyl groups is 1. The van der Waals surface area contributed by atoms with E-state index in [9.17, 15) is 29.1 Å². The third-order valence-corrected chi connectivity index (χ3v) is 6.93. The van der Waals surface area contributed by atoms with Crippen molar-refractivity contribution in [2.75, 3.05) is 6.61 Å². The van der Waals surface area contributed by atoms with E-state index in [1.54, 1.807) is 26.0 Å². The lowest BCUT2D eigenvalue weighted by atomic mass is 9.60. The molecule has 220 valence electrons. The van der Waals surface area contributed by atoms with E-state index in [-0.39, 0.29) is 31.1 Å². The molecular weight excluding hydrogens is 516 g/mol. The fourth-order valence-corrected chi connectivity index (χ4v) is 5.10. The molecule has 0 bridgehead atoms. The Morgan fingerprint density at radius 2 is 1.51 bits per heavy atom. The van der Waals surface area contributed by atoms with Crippen molar-refractivity contribution in [2.24, 2.45) is 11.3 Å². The van der Waals surface area contributed by atoms with Crippen molar-refractivity contribution in [2.45, 2.75) is 111 Å². The second-order valence-electron chi connectivity index (χ2n) is 10.8. The first-order chi connectivity index (χ1) is 18.0. The zero-order valence-corrected chi connectivity index (χ0v) is 23.8. The highest BCUT2D eigenvalue weighted by molar-refractivity contribution is 5.81. The van der Waals surface area contributed by atoms with E-state index in [1.165, 1.54) is 6.92 Å². The van der Waals surface area contributed by atoms with E-state index in [1.807, 2.05) is 13.8 Å². The number of hydrogen-bond acceptors (Lipinski definition) is 12. The van der Waals surface area contributed by atoms with Gasteiger partial charge in [0.15, 0.2) is 24.6 Å². The fraction of sp³-hybridized carbons (Fsp3) is 0.741. The van der Waals surface area contributed by atoms with Gasteiger partial charge >= 0.3 is 23.9 Å². The van der Waals surface area contributed by atoms with Crippen LogP contribution in [0, 0.1) is 11.3 Å². The summed E-state index contributed by atoms with van der Waals surface area (Å²) in [6.07, 6.45) is -3.57. The molecule has 2 fully saturated rings. The number of carbonyl (C=O) groups excluding carboxylic acids is 5. The Balaban J connectivity index is 2.39. The zero-order chi connectivity index (χ0) is 29.7. The van der Waals surface area contributed by atoms with E-state index in [0.29, 0.717) is 0 Å². The minimum atomic E-state index is -1.36. The zero-order valence-electron chi connectivity index (χ0n) is 23.8. The molecule has 0 aromatic heterocycles. The van der Waals surface area contributed by atoms with Gasteiger partial charge in [0.2, 0.25) is 0 Å². The van der Waals surface area contributed by atoms with E-state index in [2.05, 4.69) is 0 Å². The van der Waals surface area contributed by atoms with Gasteiger partial charge in [-0.05, 0) is 12.8 Å². The molecule has 0 aromatic carbocycles. The highest BCUT2D eigenvalue weighted by Crippen LogP contribution is 2.46. The van der Waals surface area contributed by atoms with Gasteiger partial charge in [0.1, 0.15) is 18.5 Å². The molecule has 1 aliphatic heterocycles. The number of ether oxygens (including phenoxy) is 6. The van der Waals surface area contributed by atoms with Crippen LogP contribution in [0.1, 0.15) is 68.2 Å². The number of rotatable bonds is 9. The Hall–Kier alpha value is -2.83. The van der Waals surface area contributed by atoms with Crippen molar-refractivity contribution in [3.8, 4) is 0 Å². The Kier molecular flexibility index (Phi) is 10.8. The van der Waals surface area contributed by atoms with Gasteiger partial charge in [-0.1, -0.05) is 32.9 Å². The molecular formula is C27H40O12. The summed E-state index contributed by atoms with van der Waals surface area (Å²) in [5.74, 6) is -3.12. The molecule has 39 heavy (non-hydrogen) atoms. The van der Waals surface area contributed by atoms with Crippen molar-refractivity contribution >= 4 is 29.7 Å². The third-order valence-electron chi connectivity index (χ3n) is 6.93. The molecule has 8 atom stereocenters. The van der Waals surface area contributed by atoms with Crippen LogP contribution in [0.5, 0.6) is 0 Å². The molecule has 1 heterocycles. The Morgan fingerprint density at radius 3 is 2.03 bits per heavy atom. The van der Waals surface area contributed by atoms with Gasteiger partial charge in [-0.15, -0.1) is 0 Å². The average Bonchev–Trinajstić information content (AvgIpc) is 2.77. The van der Waals surface area contributed by atoms with E-state index in [0.717, 1.165) is 20.8 Å². The first-order valence-corrected chi connectivity index (χ1v) is 12.9. The van der Waals surface area contributed by atoms with Crippen LogP contribution in [-0.2, 0) is 52.4 Å². The lowest BCUT2D eigenvalue weighted by molar-refractivity contribution is -0.312. The van der Waals surface area contributed by atoms with E-state index in [4.69, 9.17) is 28.4 Å². The van der Waals surface area contributed by atoms with Crippen molar-refractivity contribution in [1.82, 2.24) is 0 Å². The maximum atomic E-state index is 12.1. The summed E-state index contributed by atoms with van der Waals surface area (Å²) in [7, 11) is 0. The summed E-state index contributed by atoms with van der Waals surface area (Å²) in [6, 6.07) is 0. The summed E-state index contributed by atoms with van der Waals surface area (Å²) in [6.45, 7) is 11.3. The minimum absolute atomic E-state index is 0.0763. The second kappa shape index (κ2) is 13.0. The normalized spacial score (nSPS) is 33.2. The summed E-state index contributed by atoms with van der Waals surface area (Å²) < 4.78 is 33.2. The van der Waals surface area contributed by atoms with Crippen LogP contribution in [0.2, 0.25) is 0 Å². The molecule has 1 aliphatic carbocycles. The Morgan fingerprint density at radius 1 is 0.974 bits per heavy atom. The molecule has 1 unspecified atom stereocenters. The second-order valence-corrected chi connectivity index (χ2v) is 10.8. The van der Waals surface area contributed by atoms with Gasteiger partial charge in [-0.3, -0.25) is 24.0 Å². The smallest absolute Gasteiger partial charge is 0.303 e. The topological polar surface area (TPSA) is 161 Å². The van der Waals surface area contributed by atoms with Crippen molar-refractivity contribution in [1.29, 1.82) is 0 Å². The SMILES string of the molecule is CC(=O)OC[C@H]1O[C@@H](O[C@H](C)/C=C/[C@@]2(O)C(C)CC(=O)CC2(C)C)[C@H](OC(C)=O)[C@@H](OC(C)=O)[C@@H]1OC(C)=O. The highest BCUT2D eigenvalue weighted by Gasteiger charge is 2.53. The first-order valence-electron chi connectivity index (χ1n) is 12.9. The summed E-state index contributed by atoms with van der Waals surface area (Å²) in [4.78, 5) is 59.4. The van der Waals surface area contributed by atoms with Crippen molar-refractivity contribution in [3.63, 3.8) is 0 Å². The van der Waals surface area contributed by atoms with Gasteiger partial charge in [0.25, 0.3) is 0 Å². The Labute approximate surface area is 228 Å². The molecule has 1 saturated heterocycles. The molecule has 0 amide bonds. The molecule has 1 N–H and O–H groups in total. The van der Waals surface area contributed by atoms with Crippen LogP contribution in [0.4, 0.5) is 0 Å². The predicted octanol–water partition coefficient (Wildman–Crippen LogP) is 1.79. The van der Waals surface area contributed by atoms with Gasteiger partial charge in [-0.2, -0.15) is 0 Å². The number of esters is 4. The molecule has 2 aliphatic rings. The largest absolute Gasteiger partial charge is 0.463 e. The summed E-state index contributed by atoms with van der Waals surface area (Å²) in [5, 5.41) is 11.5. The number of carbonyl (C=O) groups is 5. The van der Waals surface area contributed by atoms with Crippen LogP contribution in [0.25, 0.3) is 0 Å². The molecule has 1 saturated carbocycles. The van der Waals surface area contributed by atoms with Crippen LogP contribution in [-0.4, -0.2) is 83.8 Å². The lowest BCUT2D eigenvalue weighted by Gasteiger charge is -2.48. The minimum Gasteiger partial charge on any atom is -0.463 e. The van der Waals surface area contributed by atoms with E-state index < -0.39 is 71.7 Å². The van der Waals surface area contributed by atoms with Crippen LogP contribution >= 0.6 is 0 Å². The highest BCUT2D eigenvalue weighted by atomic mass is 16.7. The van der Waals surface area contributed by atoms with Crippen molar-refractivity contribution < 1.29 is 57.5 Å². The van der Waals surface area contributed by atoms with Crippen LogP contribution in [0.3, 0.4) is 0 Å². The number of ketones is 1. The number of Topliss-reactive ketones (excluding diaryl/α,β-unsaturated/α-hetero) is 1. The third kappa shape index (κ3) is 8.33. The van der Waals surface area contributed by atoms with E-state index >= 15 is 0 Å². The summed E-state index contributed by atoms with van der Waals surface area (Å²) >= 11 is 0. The molecule has 0 spiro atoms. The van der Waals surface area contributed by atoms with Crippen LogP contribution < -0.4 is 0 Å². The monoisotopic (exact) mass is 556 g/mol. The van der Waals surface area contributed by atoms with Gasteiger partial charge in [0.05, 0.1) is 11.7 Å². The van der Waals surface area contributed by atoms with Crippen LogP contribution in [0.15, 0.2) is 12.2 Å². The quantitative estimate of drug-likeness (QED) is 0.249. The van der Waals surface area contributed by atoms with Gasteiger partial charge < -0.3 is 33.5 Å². The fourth-order valence-electron chi connectivity index (χ4n) is 5.10.